The number of hydrogen-bond acceptors (Lipinski definition) is 6. The van der Waals surface area contributed by atoms with Crippen molar-refractivity contribution in [1.82, 2.24) is 4.90 Å². The molecule has 1 amide bonds. The smallest absolute Gasteiger partial charge is 0.269 e. The Kier molecular flexibility index (Phi) is 4.72. The summed E-state index contributed by atoms with van der Waals surface area (Å²) in [5.41, 5.74) is 0.882. The number of nitro benzene ring substituents is 1. The number of carbonyl (C=O) groups is 2. The number of carboxylic acid groups (broad SMARTS) is 1. The molecule has 1 heterocycles. The minimum Gasteiger partial charge on any atom is -0.545 e. The van der Waals surface area contributed by atoms with Crippen LogP contribution in [0.15, 0.2) is 36.4 Å². The van der Waals surface area contributed by atoms with Gasteiger partial charge in [-0.05, 0) is 18.2 Å². The number of hydrogen-bond donors (Lipinski definition) is 0. The van der Waals surface area contributed by atoms with E-state index >= 15 is 0 Å². The van der Waals surface area contributed by atoms with Gasteiger partial charge in [-0.25, -0.2) is 0 Å². The number of rotatable bonds is 4. The number of nitro groups is 1. The molecule has 1 aromatic carbocycles. The second-order valence-electron chi connectivity index (χ2n) is 4.74. The van der Waals surface area contributed by atoms with Gasteiger partial charge in [0.2, 0.25) is 5.91 Å². The van der Waals surface area contributed by atoms with E-state index in [1.165, 1.54) is 12.1 Å². The van der Waals surface area contributed by atoms with Gasteiger partial charge in [0.25, 0.3) is 5.69 Å². The van der Waals surface area contributed by atoms with Crippen molar-refractivity contribution in [2.24, 2.45) is 0 Å². The molecular formula is C14H14N3O5-. The molecule has 0 radical (unpaired) electrons. The molecule has 1 fully saturated rings. The third kappa shape index (κ3) is 3.81. The van der Waals surface area contributed by atoms with Crippen molar-refractivity contribution in [2.75, 3.05) is 31.1 Å². The molecule has 0 aromatic heterocycles. The van der Waals surface area contributed by atoms with Crippen molar-refractivity contribution in [3.8, 4) is 0 Å². The van der Waals surface area contributed by atoms with Gasteiger partial charge in [0.15, 0.2) is 0 Å². The van der Waals surface area contributed by atoms with Crippen LogP contribution < -0.4 is 10.0 Å². The first-order valence-corrected chi connectivity index (χ1v) is 6.65. The molecule has 8 nitrogen and oxygen atoms in total. The Labute approximate surface area is 126 Å². The molecule has 1 aromatic rings. The fourth-order valence-corrected chi connectivity index (χ4v) is 2.21. The third-order valence-electron chi connectivity index (χ3n) is 3.38. The predicted octanol–water partition coefficient (Wildman–Crippen LogP) is -0.451. The fraction of sp³-hybridized carbons (Fsp3) is 0.286. The van der Waals surface area contributed by atoms with E-state index in [2.05, 4.69) is 0 Å². The number of aliphatic carboxylic acids is 1. The molecule has 1 aliphatic rings. The van der Waals surface area contributed by atoms with Crippen molar-refractivity contribution in [3.05, 3.63) is 46.5 Å². The Morgan fingerprint density at radius 2 is 1.64 bits per heavy atom. The largest absolute Gasteiger partial charge is 0.545 e. The summed E-state index contributed by atoms with van der Waals surface area (Å²) in [6.45, 7) is 2.05. The Morgan fingerprint density at radius 3 is 2.14 bits per heavy atom. The maximum atomic E-state index is 11.7. The van der Waals surface area contributed by atoms with E-state index in [-0.39, 0.29) is 11.6 Å². The first-order chi connectivity index (χ1) is 10.5. The standard InChI is InChI=1S/C14H15N3O5/c18-13(5-6-14(19)20)16-9-7-15(8-10-16)11-1-3-12(4-2-11)17(21)22/h1-6H,7-10H2,(H,19,20)/p-1. The van der Waals surface area contributed by atoms with Crippen LogP contribution in [0.25, 0.3) is 0 Å². The zero-order chi connectivity index (χ0) is 16.1. The number of benzene rings is 1. The van der Waals surface area contributed by atoms with E-state index < -0.39 is 10.9 Å². The normalized spacial score (nSPS) is 15.1. The van der Waals surface area contributed by atoms with Crippen molar-refractivity contribution in [1.29, 1.82) is 0 Å². The highest BCUT2D eigenvalue weighted by atomic mass is 16.6. The van der Waals surface area contributed by atoms with Gasteiger partial charge in [0.05, 0.1) is 10.9 Å². The van der Waals surface area contributed by atoms with Gasteiger partial charge in [0.1, 0.15) is 0 Å². The lowest BCUT2D eigenvalue weighted by Gasteiger charge is -2.35. The maximum absolute atomic E-state index is 11.7. The summed E-state index contributed by atoms with van der Waals surface area (Å²) in [4.78, 5) is 35.7. The van der Waals surface area contributed by atoms with E-state index in [1.54, 1.807) is 17.0 Å². The molecule has 1 saturated heterocycles. The first-order valence-electron chi connectivity index (χ1n) is 6.65. The van der Waals surface area contributed by atoms with Crippen LogP contribution in [0.2, 0.25) is 0 Å². The number of carboxylic acids is 1. The summed E-state index contributed by atoms with van der Waals surface area (Å²) in [6.07, 6.45) is 1.70. The molecule has 0 aliphatic carbocycles. The predicted molar refractivity (Wildman–Crippen MR) is 76.0 cm³/mol. The number of anilines is 1. The van der Waals surface area contributed by atoms with Gasteiger partial charge >= 0.3 is 0 Å². The highest BCUT2D eigenvalue weighted by Crippen LogP contribution is 2.20. The lowest BCUT2D eigenvalue weighted by atomic mass is 10.2. The molecule has 22 heavy (non-hydrogen) atoms. The van der Waals surface area contributed by atoms with Crippen LogP contribution in [0.4, 0.5) is 11.4 Å². The Bertz CT molecular complexity index is 603. The summed E-state index contributed by atoms with van der Waals surface area (Å²) in [7, 11) is 0. The lowest BCUT2D eigenvalue weighted by molar-refractivity contribution is -0.384. The summed E-state index contributed by atoms with van der Waals surface area (Å²) in [6, 6.07) is 6.22. The van der Waals surface area contributed by atoms with Crippen LogP contribution in [0, 0.1) is 10.1 Å². The summed E-state index contributed by atoms with van der Waals surface area (Å²) >= 11 is 0. The molecule has 2 rings (SSSR count). The molecule has 0 atom stereocenters. The van der Waals surface area contributed by atoms with Gasteiger partial charge in [-0.2, -0.15) is 0 Å². The minimum absolute atomic E-state index is 0.0324. The molecule has 0 bridgehead atoms. The second-order valence-corrected chi connectivity index (χ2v) is 4.74. The van der Waals surface area contributed by atoms with E-state index in [1.807, 2.05) is 4.90 Å². The van der Waals surface area contributed by atoms with Crippen molar-refractivity contribution >= 4 is 23.3 Å². The quantitative estimate of drug-likeness (QED) is 0.423. The maximum Gasteiger partial charge on any atom is 0.269 e. The SMILES string of the molecule is O=C([O-])C=CC(=O)N1CCN(c2ccc([N+](=O)[O-])cc2)CC1. The zero-order valence-corrected chi connectivity index (χ0v) is 11.7. The van der Waals surface area contributed by atoms with Crippen LogP contribution in [-0.4, -0.2) is 47.9 Å². The van der Waals surface area contributed by atoms with Crippen molar-refractivity contribution in [3.63, 3.8) is 0 Å². The van der Waals surface area contributed by atoms with Gasteiger partial charge < -0.3 is 19.7 Å². The monoisotopic (exact) mass is 304 g/mol. The second kappa shape index (κ2) is 6.70. The number of amides is 1. The number of nitrogens with zero attached hydrogens (tertiary/aromatic N) is 3. The van der Waals surface area contributed by atoms with E-state index in [9.17, 15) is 24.8 Å². The zero-order valence-electron chi connectivity index (χ0n) is 11.7. The molecule has 116 valence electrons. The minimum atomic E-state index is -1.40. The van der Waals surface area contributed by atoms with Gasteiger partial charge in [-0.15, -0.1) is 0 Å². The molecule has 0 unspecified atom stereocenters. The van der Waals surface area contributed by atoms with Crippen molar-refractivity contribution < 1.29 is 19.6 Å². The summed E-state index contributed by atoms with van der Waals surface area (Å²) < 4.78 is 0. The lowest BCUT2D eigenvalue weighted by Crippen LogP contribution is -2.48. The summed E-state index contributed by atoms with van der Waals surface area (Å²) in [5.74, 6) is -1.77. The highest BCUT2D eigenvalue weighted by Gasteiger charge is 2.20. The highest BCUT2D eigenvalue weighted by molar-refractivity contribution is 5.93. The Balaban J connectivity index is 1.93. The molecule has 8 heteroatoms. The number of carbonyl (C=O) groups excluding carboxylic acids is 2. The van der Waals surface area contributed by atoms with Crippen LogP contribution >= 0.6 is 0 Å². The molecule has 0 spiro atoms. The Hall–Kier alpha value is -2.90. The van der Waals surface area contributed by atoms with Crippen LogP contribution in [0.5, 0.6) is 0 Å². The number of piperazine rings is 1. The van der Waals surface area contributed by atoms with E-state index in [0.29, 0.717) is 32.3 Å². The van der Waals surface area contributed by atoms with Crippen LogP contribution in [0.3, 0.4) is 0 Å². The third-order valence-corrected chi connectivity index (χ3v) is 3.38. The average Bonchev–Trinajstić information content (AvgIpc) is 2.53. The number of non-ortho nitro benzene ring substituents is 1. The van der Waals surface area contributed by atoms with E-state index in [4.69, 9.17) is 0 Å². The average molecular weight is 304 g/mol. The van der Waals surface area contributed by atoms with Gasteiger partial charge in [-0.1, -0.05) is 0 Å². The van der Waals surface area contributed by atoms with Gasteiger partial charge in [-0.3, -0.25) is 14.9 Å². The molecule has 0 saturated carbocycles. The Morgan fingerprint density at radius 1 is 1.05 bits per heavy atom. The molecular weight excluding hydrogens is 290 g/mol. The van der Waals surface area contributed by atoms with Gasteiger partial charge in [0, 0.05) is 50.1 Å². The van der Waals surface area contributed by atoms with E-state index in [0.717, 1.165) is 11.8 Å². The van der Waals surface area contributed by atoms with Crippen LogP contribution in [-0.2, 0) is 9.59 Å². The van der Waals surface area contributed by atoms with Crippen molar-refractivity contribution in [2.45, 2.75) is 0 Å². The fourth-order valence-electron chi connectivity index (χ4n) is 2.21. The molecule has 0 N–H and O–H groups in total. The summed E-state index contributed by atoms with van der Waals surface area (Å²) in [5, 5.41) is 20.9. The molecule has 1 aliphatic heterocycles. The van der Waals surface area contributed by atoms with Crippen LogP contribution in [0.1, 0.15) is 0 Å². The topological polar surface area (TPSA) is 107 Å². The first kappa shape index (κ1) is 15.5.